The summed E-state index contributed by atoms with van der Waals surface area (Å²) in [5, 5.41) is 7.67. The number of aliphatic imine (C=N–C) groups is 1. The third-order valence-corrected chi connectivity index (χ3v) is 6.10. The number of furan rings is 1. The summed E-state index contributed by atoms with van der Waals surface area (Å²) in [5.74, 6) is 2.61. The van der Waals surface area contributed by atoms with E-state index >= 15 is 0 Å². The number of nitrogens with two attached hydrogens (primary N) is 1. The predicted molar refractivity (Wildman–Crippen MR) is 138 cm³/mol. The number of piperidine rings is 1. The van der Waals surface area contributed by atoms with E-state index in [-0.39, 0.29) is 36.0 Å². The zero-order chi connectivity index (χ0) is 21.2. The van der Waals surface area contributed by atoms with Crippen molar-refractivity contribution in [2.45, 2.75) is 30.2 Å². The van der Waals surface area contributed by atoms with Gasteiger partial charge in [-0.1, -0.05) is 11.6 Å². The second-order valence-corrected chi connectivity index (χ2v) is 8.64. The van der Waals surface area contributed by atoms with Crippen molar-refractivity contribution in [2.75, 3.05) is 31.9 Å². The number of nitrogens with zero attached hydrogens (tertiary/aromatic N) is 2. The van der Waals surface area contributed by atoms with Crippen LogP contribution in [-0.2, 0) is 6.42 Å². The van der Waals surface area contributed by atoms with Gasteiger partial charge in [0.25, 0.3) is 0 Å². The number of urea groups is 1. The molecule has 1 aromatic carbocycles. The Kier molecular flexibility index (Phi) is 11.4. The number of carbonyl (C=O) groups excluding carboxylic acids is 1. The van der Waals surface area contributed by atoms with E-state index in [4.69, 9.17) is 26.7 Å². The first-order valence-corrected chi connectivity index (χ1v) is 11.5. The minimum Gasteiger partial charge on any atom is -0.469 e. The van der Waals surface area contributed by atoms with Gasteiger partial charge < -0.3 is 25.7 Å². The summed E-state index contributed by atoms with van der Waals surface area (Å²) < 4.78 is 5.38. The van der Waals surface area contributed by atoms with Crippen LogP contribution >= 0.6 is 47.3 Å². The Balaban J connectivity index is 0.00000341. The van der Waals surface area contributed by atoms with Gasteiger partial charge in [-0.25, -0.2) is 4.79 Å². The van der Waals surface area contributed by atoms with Gasteiger partial charge in [-0.05, 0) is 49.2 Å². The lowest BCUT2D eigenvalue weighted by Gasteiger charge is -2.32. The smallest absolute Gasteiger partial charge is 0.314 e. The maximum absolute atomic E-state index is 11.3. The van der Waals surface area contributed by atoms with E-state index in [2.05, 4.69) is 10.6 Å². The Labute approximate surface area is 209 Å². The van der Waals surface area contributed by atoms with Crippen molar-refractivity contribution in [1.82, 2.24) is 15.5 Å². The lowest BCUT2D eigenvalue weighted by Crippen LogP contribution is -2.51. The zero-order valence-corrected chi connectivity index (χ0v) is 21.2. The quantitative estimate of drug-likeness (QED) is 0.145. The highest BCUT2D eigenvalue weighted by Gasteiger charge is 2.21. The van der Waals surface area contributed by atoms with Crippen LogP contribution in [0.4, 0.5) is 4.79 Å². The average Bonchev–Trinajstić information content (AvgIpc) is 3.26. The van der Waals surface area contributed by atoms with Crippen molar-refractivity contribution in [2.24, 2.45) is 10.7 Å². The zero-order valence-electron chi connectivity index (χ0n) is 17.3. The Morgan fingerprint density at radius 1 is 1.26 bits per heavy atom. The summed E-state index contributed by atoms with van der Waals surface area (Å²) in [6.07, 6.45) is 4.12. The minimum atomic E-state index is -0.349. The molecule has 1 fully saturated rings. The number of amides is 2. The van der Waals surface area contributed by atoms with Gasteiger partial charge in [0, 0.05) is 54.3 Å². The lowest BCUT2D eigenvalue weighted by atomic mass is 10.1. The maximum atomic E-state index is 11.3. The SMILES string of the molecule is I.NC(=O)N1CCC(NC(=NCCc2ccco2)NCCSc2ccc(Cl)cc2)CC1. The molecular formula is C21H29ClIN5O2S. The van der Waals surface area contributed by atoms with Gasteiger partial charge in [-0.2, -0.15) is 0 Å². The lowest BCUT2D eigenvalue weighted by molar-refractivity contribution is 0.188. The molecule has 2 amide bonds. The number of rotatable bonds is 8. The normalized spacial score (nSPS) is 14.7. The third kappa shape index (κ3) is 9.20. The van der Waals surface area contributed by atoms with Crippen molar-refractivity contribution in [3.8, 4) is 0 Å². The van der Waals surface area contributed by atoms with E-state index in [1.54, 1.807) is 22.9 Å². The molecule has 2 heterocycles. The molecule has 10 heteroatoms. The number of carbonyl (C=O) groups is 1. The highest BCUT2D eigenvalue weighted by Crippen LogP contribution is 2.19. The summed E-state index contributed by atoms with van der Waals surface area (Å²) >= 11 is 7.70. The number of guanidine groups is 1. The number of primary amides is 1. The van der Waals surface area contributed by atoms with E-state index in [0.717, 1.165) is 48.3 Å². The Morgan fingerprint density at radius 3 is 2.65 bits per heavy atom. The van der Waals surface area contributed by atoms with E-state index in [1.165, 1.54) is 4.90 Å². The van der Waals surface area contributed by atoms with E-state index in [9.17, 15) is 4.79 Å². The molecule has 0 atom stereocenters. The van der Waals surface area contributed by atoms with Crippen molar-refractivity contribution in [1.29, 1.82) is 0 Å². The highest BCUT2D eigenvalue weighted by atomic mass is 127. The Bertz CT molecular complexity index is 812. The molecule has 31 heavy (non-hydrogen) atoms. The van der Waals surface area contributed by atoms with Crippen LogP contribution in [0.1, 0.15) is 18.6 Å². The summed E-state index contributed by atoms with van der Waals surface area (Å²) in [4.78, 5) is 18.9. The Morgan fingerprint density at radius 2 is 2.00 bits per heavy atom. The van der Waals surface area contributed by atoms with Crippen LogP contribution < -0.4 is 16.4 Å². The van der Waals surface area contributed by atoms with Gasteiger partial charge in [0.2, 0.25) is 0 Å². The van der Waals surface area contributed by atoms with Gasteiger partial charge in [0.15, 0.2) is 5.96 Å². The molecular weight excluding hydrogens is 549 g/mol. The number of hydrogen-bond donors (Lipinski definition) is 3. The van der Waals surface area contributed by atoms with Crippen LogP contribution in [0.3, 0.4) is 0 Å². The topological polar surface area (TPSA) is 95.9 Å². The molecule has 0 unspecified atom stereocenters. The van der Waals surface area contributed by atoms with Crippen LogP contribution in [0, 0.1) is 0 Å². The van der Waals surface area contributed by atoms with Gasteiger partial charge in [-0.3, -0.25) is 4.99 Å². The molecule has 1 saturated heterocycles. The number of benzene rings is 1. The van der Waals surface area contributed by atoms with Crippen LogP contribution in [0.2, 0.25) is 5.02 Å². The number of likely N-dealkylation sites (tertiary alicyclic amines) is 1. The van der Waals surface area contributed by atoms with Gasteiger partial charge >= 0.3 is 6.03 Å². The first-order valence-electron chi connectivity index (χ1n) is 10.1. The molecule has 0 aliphatic carbocycles. The molecule has 1 aliphatic rings. The highest BCUT2D eigenvalue weighted by molar-refractivity contribution is 14.0. The molecule has 4 N–H and O–H groups in total. The second-order valence-electron chi connectivity index (χ2n) is 7.03. The fourth-order valence-electron chi connectivity index (χ4n) is 3.19. The van der Waals surface area contributed by atoms with E-state index in [0.29, 0.717) is 19.6 Å². The number of halogens is 2. The Hall–Kier alpha value is -1.59. The van der Waals surface area contributed by atoms with E-state index < -0.39 is 0 Å². The second kappa shape index (κ2) is 13.7. The van der Waals surface area contributed by atoms with Crippen LogP contribution in [0.5, 0.6) is 0 Å². The number of thioether (sulfide) groups is 1. The predicted octanol–water partition coefficient (Wildman–Crippen LogP) is 3.96. The number of nitrogens with one attached hydrogen (secondary N) is 2. The first-order chi connectivity index (χ1) is 14.6. The summed E-state index contributed by atoms with van der Waals surface area (Å²) in [6, 6.07) is 11.6. The molecule has 7 nitrogen and oxygen atoms in total. The van der Waals surface area contributed by atoms with Crippen molar-refractivity contribution in [3.63, 3.8) is 0 Å². The van der Waals surface area contributed by atoms with Crippen molar-refractivity contribution < 1.29 is 9.21 Å². The molecule has 2 aromatic rings. The van der Waals surface area contributed by atoms with Crippen LogP contribution in [-0.4, -0.2) is 54.9 Å². The van der Waals surface area contributed by atoms with Crippen molar-refractivity contribution in [3.05, 3.63) is 53.4 Å². The van der Waals surface area contributed by atoms with Crippen LogP contribution in [0.25, 0.3) is 0 Å². The molecule has 0 spiro atoms. The summed E-state index contributed by atoms with van der Waals surface area (Å²) in [6.45, 7) is 2.74. The molecule has 1 aromatic heterocycles. The fourth-order valence-corrected chi connectivity index (χ4v) is 4.09. The van der Waals surface area contributed by atoms with Crippen LogP contribution in [0.15, 0.2) is 57.0 Å². The summed E-state index contributed by atoms with van der Waals surface area (Å²) in [7, 11) is 0. The standard InChI is InChI=1S/C21H28ClN5O2S.HI/c22-16-3-5-19(6-4-16)30-15-11-25-21(24-10-7-18-2-1-14-29-18)26-17-8-12-27(13-9-17)20(23)28;/h1-6,14,17H,7-13,15H2,(H2,23,28)(H2,24,25,26);1H. The maximum Gasteiger partial charge on any atom is 0.314 e. The van der Waals surface area contributed by atoms with Gasteiger partial charge in [-0.15, -0.1) is 35.7 Å². The average molecular weight is 578 g/mol. The summed E-state index contributed by atoms with van der Waals surface area (Å²) in [5.41, 5.74) is 5.38. The molecule has 1 aliphatic heterocycles. The first kappa shape index (κ1) is 25.7. The minimum absolute atomic E-state index is 0. The largest absolute Gasteiger partial charge is 0.469 e. The van der Waals surface area contributed by atoms with Gasteiger partial charge in [0.1, 0.15) is 5.76 Å². The van der Waals surface area contributed by atoms with Crippen molar-refractivity contribution >= 4 is 59.3 Å². The monoisotopic (exact) mass is 577 g/mol. The molecule has 170 valence electrons. The fraction of sp³-hybridized carbons (Fsp3) is 0.429. The number of hydrogen-bond acceptors (Lipinski definition) is 4. The molecule has 0 bridgehead atoms. The molecule has 0 radical (unpaired) electrons. The third-order valence-electron chi connectivity index (χ3n) is 4.83. The molecule has 0 saturated carbocycles. The molecule has 3 rings (SSSR count). The van der Waals surface area contributed by atoms with Gasteiger partial charge in [0.05, 0.1) is 6.26 Å². The van der Waals surface area contributed by atoms with E-state index in [1.807, 2.05) is 36.4 Å².